The van der Waals surface area contributed by atoms with E-state index < -0.39 is 5.92 Å². The van der Waals surface area contributed by atoms with Crippen molar-refractivity contribution in [3.63, 3.8) is 0 Å². The van der Waals surface area contributed by atoms with Crippen LogP contribution in [0.15, 0.2) is 66.7 Å². The first-order valence-corrected chi connectivity index (χ1v) is 11.0. The molecule has 3 amide bonds. The van der Waals surface area contributed by atoms with Crippen LogP contribution >= 0.6 is 11.6 Å². The van der Waals surface area contributed by atoms with E-state index in [0.717, 1.165) is 16.8 Å². The van der Waals surface area contributed by atoms with E-state index in [1.807, 2.05) is 32.0 Å². The van der Waals surface area contributed by atoms with Crippen molar-refractivity contribution >= 4 is 46.4 Å². The molecule has 168 valence electrons. The molecule has 0 bridgehead atoms. The molecule has 0 radical (unpaired) electrons. The molecule has 7 heteroatoms. The van der Waals surface area contributed by atoms with Crippen molar-refractivity contribution in [2.24, 2.45) is 5.92 Å². The Labute approximate surface area is 197 Å². The summed E-state index contributed by atoms with van der Waals surface area (Å²) in [5.74, 6) is -1.12. The number of amides is 3. The van der Waals surface area contributed by atoms with Crippen LogP contribution in [0.25, 0.3) is 0 Å². The van der Waals surface area contributed by atoms with Gasteiger partial charge in [0.05, 0.1) is 5.92 Å². The Kier molecular flexibility index (Phi) is 6.47. The van der Waals surface area contributed by atoms with Crippen molar-refractivity contribution < 1.29 is 14.4 Å². The van der Waals surface area contributed by atoms with E-state index in [9.17, 15) is 14.4 Å². The fraction of sp³-hybridized carbons (Fsp3) is 0.192. The van der Waals surface area contributed by atoms with Gasteiger partial charge in [0.25, 0.3) is 5.91 Å². The molecule has 33 heavy (non-hydrogen) atoms. The summed E-state index contributed by atoms with van der Waals surface area (Å²) in [7, 11) is 0. The van der Waals surface area contributed by atoms with Crippen LogP contribution < -0.4 is 15.5 Å². The van der Waals surface area contributed by atoms with Gasteiger partial charge in [0.15, 0.2) is 0 Å². The van der Waals surface area contributed by atoms with Gasteiger partial charge in [-0.3, -0.25) is 14.4 Å². The monoisotopic (exact) mass is 461 g/mol. The van der Waals surface area contributed by atoms with Gasteiger partial charge in [-0.2, -0.15) is 0 Å². The molecule has 3 aromatic rings. The average Bonchev–Trinajstić information content (AvgIpc) is 3.18. The lowest BCUT2D eigenvalue weighted by Crippen LogP contribution is -2.28. The first-order valence-electron chi connectivity index (χ1n) is 10.7. The number of nitrogens with zero attached hydrogens (tertiary/aromatic N) is 1. The van der Waals surface area contributed by atoms with E-state index in [-0.39, 0.29) is 24.1 Å². The van der Waals surface area contributed by atoms with Crippen molar-refractivity contribution in [1.82, 2.24) is 0 Å². The standard InChI is InChI=1S/C26H24ClN3O3/c1-16-6-11-23(17(2)12-16)29-25(32)18-4-3-5-21(13-18)28-26(33)19-14-24(31)30(15-19)22-9-7-20(27)8-10-22/h3-13,19H,14-15H2,1-2H3,(H,28,33)(H,29,32)/t19-/m1/s1. The Morgan fingerprint density at radius 1 is 0.970 bits per heavy atom. The summed E-state index contributed by atoms with van der Waals surface area (Å²) in [6.45, 7) is 4.23. The molecule has 1 saturated heterocycles. The van der Waals surface area contributed by atoms with Crippen molar-refractivity contribution in [3.05, 3.63) is 88.4 Å². The van der Waals surface area contributed by atoms with Crippen LogP contribution in [0.2, 0.25) is 5.02 Å². The summed E-state index contributed by atoms with van der Waals surface area (Å²) in [6.07, 6.45) is 0.126. The summed E-state index contributed by atoms with van der Waals surface area (Å²) >= 11 is 5.92. The topological polar surface area (TPSA) is 78.5 Å². The summed E-state index contributed by atoms with van der Waals surface area (Å²) in [6, 6.07) is 19.5. The first-order chi connectivity index (χ1) is 15.8. The van der Waals surface area contributed by atoms with Crippen molar-refractivity contribution in [3.8, 4) is 0 Å². The van der Waals surface area contributed by atoms with Gasteiger partial charge in [-0.15, -0.1) is 0 Å². The maximum absolute atomic E-state index is 12.8. The molecule has 2 N–H and O–H groups in total. The highest BCUT2D eigenvalue weighted by molar-refractivity contribution is 6.30. The van der Waals surface area contributed by atoms with Crippen LogP contribution in [0.5, 0.6) is 0 Å². The highest BCUT2D eigenvalue weighted by Crippen LogP contribution is 2.27. The zero-order chi connectivity index (χ0) is 23.5. The highest BCUT2D eigenvalue weighted by atomic mass is 35.5. The van der Waals surface area contributed by atoms with E-state index in [4.69, 9.17) is 11.6 Å². The fourth-order valence-corrected chi connectivity index (χ4v) is 4.01. The predicted octanol–water partition coefficient (Wildman–Crippen LogP) is 5.20. The van der Waals surface area contributed by atoms with E-state index in [0.29, 0.717) is 28.5 Å². The van der Waals surface area contributed by atoms with Gasteiger partial charge in [-0.05, 0) is 67.9 Å². The van der Waals surface area contributed by atoms with Gasteiger partial charge in [-0.25, -0.2) is 0 Å². The van der Waals surface area contributed by atoms with Crippen molar-refractivity contribution in [2.45, 2.75) is 20.3 Å². The van der Waals surface area contributed by atoms with Gasteiger partial charge in [0.2, 0.25) is 11.8 Å². The molecule has 3 aromatic carbocycles. The Morgan fingerprint density at radius 3 is 2.45 bits per heavy atom. The number of nitrogens with one attached hydrogen (secondary N) is 2. The van der Waals surface area contributed by atoms with E-state index in [1.165, 1.54) is 0 Å². The summed E-state index contributed by atoms with van der Waals surface area (Å²) in [4.78, 5) is 39.6. The van der Waals surface area contributed by atoms with Crippen molar-refractivity contribution in [2.75, 3.05) is 22.1 Å². The molecule has 1 fully saturated rings. The molecule has 0 spiro atoms. The molecule has 0 aromatic heterocycles. The lowest BCUT2D eigenvalue weighted by molar-refractivity contribution is -0.122. The third-order valence-corrected chi connectivity index (χ3v) is 5.91. The summed E-state index contributed by atoms with van der Waals surface area (Å²) in [5, 5.41) is 6.34. The number of aryl methyl sites for hydroxylation is 2. The minimum Gasteiger partial charge on any atom is -0.326 e. The average molecular weight is 462 g/mol. The molecule has 1 heterocycles. The quantitative estimate of drug-likeness (QED) is 0.548. The Morgan fingerprint density at radius 2 is 1.73 bits per heavy atom. The van der Waals surface area contributed by atoms with E-state index in [1.54, 1.807) is 53.4 Å². The van der Waals surface area contributed by atoms with Crippen molar-refractivity contribution in [1.29, 1.82) is 0 Å². The molecular weight excluding hydrogens is 438 g/mol. The van der Waals surface area contributed by atoms with Gasteiger partial charge >= 0.3 is 0 Å². The first kappa shape index (κ1) is 22.6. The number of halogens is 1. The number of benzene rings is 3. The third kappa shape index (κ3) is 5.23. The van der Waals surface area contributed by atoms with Crippen LogP contribution in [0, 0.1) is 19.8 Å². The van der Waals surface area contributed by atoms with Gasteiger partial charge in [-0.1, -0.05) is 35.4 Å². The Hall–Kier alpha value is -3.64. The molecule has 1 aliphatic heterocycles. The Balaban J connectivity index is 1.41. The lowest BCUT2D eigenvalue weighted by Gasteiger charge is -2.17. The smallest absolute Gasteiger partial charge is 0.255 e. The zero-order valence-electron chi connectivity index (χ0n) is 18.4. The second kappa shape index (κ2) is 9.46. The van der Waals surface area contributed by atoms with E-state index in [2.05, 4.69) is 10.6 Å². The second-order valence-corrected chi connectivity index (χ2v) is 8.66. The molecule has 6 nitrogen and oxygen atoms in total. The molecule has 1 atom stereocenters. The molecular formula is C26H24ClN3O3. The zero-order valence-corrected chi connectivity index (χ0v) is 19.1. The van der Waals surface area contributed by atoms with E-state index >= 15 is 0 Å². The number of anilines is 3. The highest BCUT2D eigenvalue weighted by Gasteiger charge is 2.35. The van der Waals surface area contributed by atoms with Crippen LogP contribution in [-0.4, -0.2) is 24.3 Å². The van der Waals surface area contributed by atoms with Crippen LogP contribution in [0.1, 0.15) is 27.9 Å². The second-order valence-electron chi connectivity index (χ2n) is 8.22. The molecule has 0 unspecified atom stereocenters. The minimum atomic E-state index is -0.485. The van der Waals surface area contributed by atoms with Crippen LogP contribution in [-0.2, 0) is 9.59 Å². The molecule has 0 saturated carbocycles. The number of hydrogen-bond acceptors (Lipinski definition) is 3. The molecule has 1 aliphatic rings. The number of carbonyl (C=O) groups excluding carboxylic acids is 3. The Bertz CT molecular complexity index is 1220. The summed E-state index contributed by atoms with van der Waals surface area (Å²) in [5.41, 5.74) is 4.49. The van der Waals surface area contributed by atoms with Gasteiger partial charge in [0, 0.05) is 40.6 Å². The lowest BCUT2D eigenvalue weighted by atomic mass is 10.1. The van der Waals surface area contributed by atoms with Gasteiger partial charge in [0.1, 0.15) is 0 Å². The number of rotatable bonds is 5. The molecule has 0 aliphatic carbocycles. The number of carbonyl (C=O) groups is 3. The fourth-order valence-electron chi connectivity index (χ4n) is 3.88. The maximum Gasteiger partial charge on any atom is 0.255 e. The minimum absolute atomic E-state index is 0.112. The van der Waals surface area contributed by atoms with Crippen LogP contribution in [0.3, 0.4) is 0 Å². The largest absolute Gasteiger partial charge is 0.326 e. The third-order valence-electron chi connectivity index (χ3n) is 5.66. The SMILES string of the molecule is Cc1ccc(NC(=O)c2cccc(NC(=O)[C@@H]3CC(=O)N(c4ccc(Cl)cc4)C3)c2)c(C)c1. The van der Waals surface area contributed by atoms with Gasteiger partial charge < -0.3 is 15.5 Å². The normalized spacial score (nSPS) is 15.4. The molecule has 4 rings (SSSR count). The number of hydrogen-bond donors (Lipinski definition) is 2. The predicted molar refractivity (Wildman–Crippen MR) is 131 cm³/mol. The maximum atomic E-state index is 12.8. The van der Waals surface area contributed by atoms with Crippen LogP contribution in [0.4, 0.5) is 17.1 Å². The summed E-state index contributed by atoms with van der Waals surface area (Å²) < 4.78 is 0.